The van der Waals surface area contributed by atoms with Crippen molar-refractivity contribution in [3.05, 3.63) is 29.6 Å². The Morgan fingerprint density at radius 3 is 2.76 bits per heavy atom. The monoisotopic (exact) mass is 233 g/mol. The highest BCUT2D eigenvalue weighted by atomic mass is 16.1. The molecule has 0 aromatic carbocycles. The van der Waals surface area contributed by atoms with Gasteiger partial charge in [-0.2, -0.15) is 0 Å². The lowest BCUT2D eigenvalue weighted by atomic mass is 9.91. The molecule has 0 saturated carbocycles. The van der Waals surface area contributed by atoms with Gasteiger partial charge in [0, 0.05) is 24.4 Å². The molecule has 1 rings (SSSR count). The highest BCUT2D eigenvalue weighted by Crippen LogP contribution is 2.20. The number of nitrogens with zero attached hydrogens (tertiary/aromatic N) is 1. The van der Waals surface area contributed by atoms with Gasteiger partial charge >= 0.3 is 0 Å². The highest BCUT2D eigenvalue weighted by molar-refractivity contribution is 5.97. The number of ketones is 1. The topological polar surface area (TPSA) is 30.0 Å². The van der Waals surface area contributed by atoms with E-state index in [4.69, 9.17) is 0 Å². The maximum Gasteiger partial charge on any atom is 0.163 e. The van der Waals surface area contributed by atoms with Crippen molar-refractivity contribution in [1.82, 2.24) is 4.98 Å². The molecule has 0 bridgehead atoms. The average molecular weight is 233 g/mol. The van der Waals surface area contributed by atoms with Crippen molar-refractivity contribution in [2.75, 3.05) is 0 Å². The number of unbranched alkanes of at least 4 members (excludes halogenated alkanes) is 1. The van der Waals surface area contributed by atoms with E-state index in [1.165, 1.54) is 19.3 Å². The summed E-state index contributed by atoms with van der Waals surface area (Å²) in [6.45, 7) is 6.32. The summed E-state index contributed by atoms with van der Waals surface area (Å²) in [6, 6.07) is 1.84. The molecule has 1 unspecified atom stereocenters. The summed E-state index contributed by atoms with van der Waals surface area (Å²) in [6.07, 6.45) is 8.84. The molecule has 1 aromatic heterocycles. The summed E-state index contributed by atoms with van der Waals surface area (Å²) in [7, 11) is 0. The average Bonchev–Trinajstić information content (AvgIpc) is 2.34. The van der Waals surface area contributed by atoms with Crippen LogP contribution in [0.15, 0.2) is 18.5 Å². The highest BCUT2D eigenvalue weighted by Gasteiger charge is 2.14. The maximum absolute atomic E-state index is 12.2. The molecule has 0 aliphatic heterocycles. The Kier molecular flexibility index (Phi) is 5.88. The van der Waals surface area contributed by atoms with Gasteiger partial charge in [-0.1, -0.05) is 39.5 Å². The van der Waals surface area contributed by atoms with E-state index in [9.17, 15) is 4.79 Å². The summed E-state index contributed by atoms with van der Waals surface area (Å²) in [5, 5.41) is 0. The second kappa shape index (κ2) is 7.21. The van der Waals surface area contributed by atoms with Crippen molar-refractivity contribution < 1.29 is 4.79 Å². The van der Waals surface area contributed by atoms with E-state index in [0.717, 1.165) is 17.5 Å². The van der Waals surface area contributed by atoms with Crippen LogP contribution in [0.5, 0.6) is 0 Å². The molecular formula is C15H23NO. The first-order valence-electron chi connectivity index (χ1n) is 6.62. The number of rotatable bonds is 7. The number of carbonyl (C=O) groups excluding carboxylic acids is 1. The van der Waals surface area contributed by atoms with Crippen LogP contribution in [0.3, 0.4) is 0 Å². The zero-order valence-electron chi connectivity index (χ0n) is 11.2. The first-order chi connectivity index (χ1) is 8.19. The van der Waals surface area contributed by atoms with Crippen molar-refractivity contribution >= 4 is 5.78 Å². The van der Waals surface area contributed by atoms with Gasteiger partial charge < -0.3 is 0 Å². The molecule has 17 heavy (non-hydrogen) atoms. The van der Waals surface area contributed by atoms with E-state index < -0.39 is 0 Å². The van der Waals surface area contributed by atoms with Gasteiger partial charge in [-0.15, -0.1) is 0 Å². The molecule has 0 aliphatic carbocycles. The zero-order valence-corrected chi connectivity index (χ0v) is 11.2. The summed E-state index contributed by atoms with van der Waals surface area (Å²) in [5.74, 6) is 0.808. The van der Waals surface area contributed by atoms with Crippen LogP contribution in [0.2, 0.25) is 0 Å². The Labute approximate surface area is 104 Å². The van der Waals surface area contributed by atoms with Gasteiger partial charge in [-0.25, -0.2) is 0 Å². The van der Waals surface area contributed by atoms with Gasteiger partial charge in [0.15, 0.2) is 5.78 Å². The Bertz CT molecular complexity index is 360. The summed E-state index contributed by atoms with van der Waals surface area (Å²) >= 11 is 0. The van der Waals surface area contributed by atoms with E-state index >= 15 is 0 Å². The first kappa shape index (κ1) is 13.9. The van der Waals surface area contributed by atoms with E-state index in [2.05, 4.69) is 18.8 Å². The van der Waals surface area contributed by atoms with Gasteiger partial charge in [-0.05, 0) is 24.5 Å². The van der Waals surface area contributed by atoms with Crippen LogP contribution in [-0.4, -0.2) is 10.8 Å². The summed E-state index contributed by atoms with van der Waals surface area (Å²) in [5.41, 5.74) is 1.83. The normalized spacial score (nSPS) is 12.4. The number of Topliss-reactive ketones (excluding diaryl/α,β-unsaturated/α-hetero) is 1. The maximum atomic E-state index is 12.2. The lowest BCUT2D eigenvalue weighted by Crippen LogP contribution is -2.09. The van der Waals surface area contributed by atoms with E-state index in [1.807, 2.05) is 13.0 Å². The number of hydrogen-bond donors (Lipinski definition) is 0. The lowest BCUT2D eigenvalue weighted by Gasteiger charge is -2.14. The van der Waals surface area contributed by atoms with E-state index in [0.29, 0.717) is 12.3 Å². The minimum atomic E-state index is 0.271. The van der Waals surface area contributed by atoms with Crippen molar-refractivity contribution in [2.24, 2.45) is 5.92 Å². The van der Waals surface area contributed by atoms with Crippen LogP contribution >= 0.6 is 0 Å². The molecule has 0 spiro atoms. The number of pyridine rings is 1. The standard InChI is InChI=1S/C15H23NO/c1-4-6-7-13(5-2)10-15(17)14-8-9-16-11-12(14)3/h8-9,11,13H,4-7,10H2,1-3H3. The second-order valence-corrected chi connectivity index (χ2v) is 4.73. The molecule has 2 nitrogen and oxygen atoms in total. The zero-order chi connectivity index (χ0) is 12.7. The van der Waals surface area contributed by atoms with Gasteiger partial charge in [0.05, 0.1) is 0 Å². The number of aromatic nitrogens is 1. The Balaban J connectivity index is 2.61. The number of aryl methyl sites for hydroxylation is 1. The van der Waals surface area contributed by atoms with Gasteiger partial charge in [0.1, 0.15) is 0 Å². The first-order valence-corrected chi connectivity index (χ1v) is 6.62. The van der Waals surface area contributed by atoms with Crippen LogP contribution in [0.1, 0.15) is 61.9 Å². The van der Waals surface area contributed by atoms with Crippen molar-refractivity contribution in [2.45, 2.75) is 52.9 Å². The SMILES string of the molecule is CCCCC(CC)CC(=O)c1ccncc1C. The van der Waals surface area contributed by atoms with Crippen molar-refractivity contribution in [3.63, 3.8) is 0 Å². The molecule has 0 saturated heterocycles. The molecule has 0 aliphatic rings. The quantitative estimate of drug-likeness (QED) is 0.661. The molecule has 0 N–H and O–H groups in total. The second-order valence-electron chi connectivity index (χ2n) is 4.73. The molecule has 0 fully saturated rings. The third-order valence-corrected chi connectivity index (χ3v) is 3.34. The van der Waals surface area contributed by atoms with Gasteiger partial charge in [0.2, 0.25) is 0 Å². The van der Waals surface area contributed by atoms with E-state index in [1.54, 1.807) is 12.4 Å². The van der Waals surface area contributed by atoms with E-state index in [-0.39, 0.29) is 5.78 Å². The molecule has 94 valence electrons. The third kappa shape index (κ3) is 4.29. The fraction of sp³-hybridized carbons (Fsp3) is 0.600. The number of carbonyl (C=O) groups is 1. The van der Waals surface area contributed by atoms with Crippen LogP contribution in [0, 0.1) is 12.8 Å². The molecule has 0 amide bonds. The molecular weight excluding hydrogens is 210 g/mol. The fourth-order valence-corrected chi connectivity index (χ4v) is 2.10. The molecule has 0 radical (unpaired) electrons. The lowest BCUT2D eigenvalue weighted by molar-refractivity contribution is 0.0956. The summed E-state index contributed by atoms with van der Waals surface area (Å²) in [4.78, 5) is 16.2. The Hall–Kier alpha value is -1.18. The fourth-order valence-electron chi connectivity index (χ4n) is 2.10. The molecule has 1 aromatic rings. The van der Waals surface area contributed by atoms with Crippen molar-refractivity contribution in [1.29, 1.82) is 0 Å². The smallest absolute Gasteiger partial charge is 0.163 e. The Morgan fingerprint density at radius 1 is 1.41 bits per heavy atom. The van der Waals surface area contributed by atoms with Crippen LogP contribution in [0.25, 0.3) is 0 Å². The predicted octanol–water partition coefficient (Wildman–Crippen LogP) is 4.18. The molecule has 1 heterocycles. The molecule has 1 atom stereocenters. The summed E-state index contributed by atoms with van der Waals surface area (Å²) < 4.78 is 0. The van der Waals surface area contributed by atoms with Gasteiger partial charge in [0.25, 0.3) is 0 Å². The minimum absolute atomic E-state index is 0.271. The minimum Gasteiger partial charge on any atom is -0.294 e. The van der Waals surface area contributed by atoms with Gasteiger partial charge in [-0.3, -0.25) is 9.78 Å². The van der Waals surface area contributed by atoms with Crippen molar-refractivity contribution in [3.8, 4) is 0 Å². The Morgan fingerprint density at radius 2 is 2.18 bits per heavy atom. The third-order valence-electron chi connectivity index (χ3n) is 3.34. The molecule has 2 heteroatoms. The van der Waals surface area contributed by atoms with Crippen LogP contribution in [-0.2, 0) is 0 Å². The van der Waals surface area contributed by atoms with Crippen LogP contribution < -0.4 is 0 Å². The largest absolute Gasteiger partial charge is 0.294 e. The number of hydrogen-bond acceptors (Lipinski definition) is 2. The predicted molar refractivity (Wildman–Crippen MR) is 71.2 cm³/mol. The van der Waals surface area contributed by atoms with Crippen LogP contribution in [0.4, 0.5) is 0 Å².